The highest BCUT2D eigenvalue weighted by molar-refractivity contribution is 7.99. The SMILES string of the molecule is CC(CNC(=O)CCSc1nnnn1C)c1nc2ccccc2s1. The van der Waals surface area contributed by atoms with Crippen molar-refractivity contribution in [2.75, 3.05) is 12.3 Å². The van der Waals surface area contributed by atoms with Gasteiger partial charge in [0.2, 0.25) is 11.1 Å². The van der Waals surface area contributed by atoms with E-state index in [0.717, 1.165) is 10.5 Å². The molecule has 0 aliphatic heterocycles. The number of benzene rings is 1. The maximum absolute atomic E-state index is 12.0. The first-order valence-electron chi connectivity index (χ1n) is 7.61. The Morgan fingerprint density at radius 2 is 2.25 bits per heavy atom. The third-order valence-electron chi connectivity index (χ3n) is 3.48. The van der Waals surface area contributed by atoms with Crippen LogP contribution >= 0.6 is 23.1 Å². The molecule has 0 aliphatic carbocycles. The minimum atomic E-state index is 0.0330. The highest BCUT2D eigenvalue weighted by Gasteiger charge is 2.13. The van der Waals surface area contributed by atoms with Crippen LogP contribution in [0.5, 0.6) is 0 Å². The molecule has 2 heterocycles. The molecule has 0 spiro atoms. The summed E-state index contributed by atoms with van der Waals surface area (Å²) in [5, 5.41) is 15.9. The average Bonchev–Trinajstić information content (AvgIpc) is 3.19. The average molecular weight is 362 g/mol. The molecule has 1 aromatic carbocycles. The Balaban J connectivity index is 1.44. The van der Waals surface area contributed by atoms with Crippen molar-refractivity contribution in [2.24, 2.45) is 7.05 Å². The summed E-state index contributed by atoms with van der Waals surface area (Å²) in [6.07, 6.45) is 0.435. The first-order valence-corrected chi connectivity index (χ1v) is 9.41. The van der Waals surface area contributed by atoms with Crippen molar-refractivity contribution in [3.8, 4) is 0 Å². The zero-order valence-corrected chi connectivity index (χ0v) is 15.1. The number of nitrogens with one attached hydrogen (secondary N) is 1. The molecule has 1 unspecified atom stereocenters. The Hall–Kier alpha value is -2.00. The molecule has 0 aliphatic rings. The number of nitrogens with zero attached hydrogens (tertiary/aromatic N) is 5. The van der Waals surface area contributed by atoms with Gasteiger partial charge in [-0.3, -0.25) is 4.79 Å². The Morgan fingerprint density at radius 1 is 1.42 bits per heavy atom. The Bertz CT molecular complexity index is 797. The smallest absolute Gasteiger partial charge is 0.220 e. The molecule has 24 heavy (non-hydrogen) atoms. The molecular weight excluding hydrogens is 344 g/mol. The lowest BCUT2D eigenvalue weighted by Gasteiger charge is -2.09. The summed E-state index contributed by atoms with van der Waals surface area (Å²) in [6, 6.07) is 8.09. The fraction of sp³-hybridized carbons (Fsp3) is 0.400. The number of thioether (sulfide) groups is 1. The number of thiazole rings is 1. The molecule has 0 radical (unpaired) electrons. The van der Waals surface area contributed by atoms with E-state index >= 15 is 0 Å². The number of rotatable bonds is 7. The van der Waals surface area contributed by atoms with Gasteiger partial charge in [-0.05, 0) is 22.6 Å². The van der Waals surface area contributed by atoms with Gasteiger partial charge in [-0.15, -0.1) is 16.4 Å². The number of para-hydroxylation sites is 1. The van der Waals surface area contributed by atoms with Gasteiger partial charge in [0, 0.05) is 31.7 Å². The van der Waals surface area contributed by atoms with E-state index in [-0.39, 0.29) is 11.8 Å². The standard InChI is InChI=1S/C15H18N6OS2/c1-10(14-17-11-5-3-4-6-12(11)24-14)9-16-13(22)7-8-23-15-18-19-20-21(15)2/h3-6,10H,7-9H2,1-2H3,(H,16,22). The molecule has 0 fully saturated rings. The summed E-state index contributed by atoms with van der Waals surface area (Å²) in [4.78, 5) is 16.6. The molecule has 9 heteroatoms. The molecule has 0 saturated carbocycles. The summed E-state index contributed by atoms with van der Waals surface area (Å²) < 4.78 is 2.77. The topological polar surface area (TPSA) is 85.6 Å². The number of tetrazole rings is 1. The normalized spacial score (nSPS) is 12.4. The first kappa shape index (κ1) is 16.8. The van der Waals surface area contributed by atoms with E-state index in [1.807, 2.05) is 18.2 Å². The minimum Gasteiger partial charge on any atom is -0.355 e. The molecule has 2 aromatic heterocycles. The molecule has 7 nitrogen and oxygen atoms in total. The number of carbonyl (C=O) groups is 1. The first-order chi connectivity index (χ1) is 11.6. The van der Waals surface area contributed by atoms with Crippen LogP contribution in [-0.2, 0) is 11.8 Å². The molecule has 126 valence electrons. The number of amides is 1. The number of fused-ring (bicyclic) bond motifs is 1. The van der Waals surface area contributed by atoms with Crippen molar-refractivity contribution in [3.63, 3.8) is 0 Å². The summed E-state index contributed by atoms with van der Waals surface area (Å²) >= 11 is 3.15. The van der Waals surface area contributed by atoms with E-state index in [4.69, 9.17) is 0 Å². The maximum atomic E-state index is 12.0. The van der Waals surface area contributed by atoms with E-state index in [1.165, 1.54) is 16.5 Å². The molecular formula is C15H18N6OS2. The van der Waals surface area contributed by atoms with Crippen molar-refractivity contribution in [1.29, 1.82) is 0 Å². The second kappa shape index (κ2) is 7.71. The second-order valence-electron chi connectivity index (χ2n) is 5.41. The van der Waals surface area contributed by atoms with E-state index in [2.05, 4.69) is 38.8 Å². The van der Waals surface area contributed by atoms with Crippen LogP contribution in [0.4, 0.5) is 0 Å². The highest BCUT2D eigenvalue weighted by Crippen LogP contribution is 2.26. The highest BCUT2D eigenvalue weighted by atomic mass is 32.2. The van der Waals surface area contributed by atoms with E-state index in [0.29, 0.717) is 23.9 Å². The van der Waals surface area contributed by atoms with Crippen LogP contribution in [0.15, 0.2) is 29.4 Å². The maximum Gasteiger partial charge on any atom is 0.220 e. The van der Waals surface area contributed by atoms with E-state index in [9.17, 15) is 4.79 Å². The van der Waals surface area contributed by atoms with Crippen LogP contribution in [0.1, 0.15) is 24.3 Å². The van der Waals surface area contributed by atoms with Crippen LogP contribution in [-0.4, -0.2) is 43.4 Å². The number of aromatic nitrogens is 5. The van der Waals surface area contributed by atoms with Gasteiger partial charge in [0.05, 0.1) is 15.2 Å². The summed E-state index contributed by atoms with van der Waals surface area (Å²) in [5.41, 5.74) is 1.02. The quantitative estimate of drug-likeness (QED) is 0.649. The Morgan fingerprint density at radius 3 is 3.00 bits per heavy atom. The monoisotopic (exact) mass is 362 g/mol. The molecule has 0 saturated heterocycles. The lowest BCUT2D eigenvalue weighted by atomic mass is 10.2. The largest absolute Gasteiger partial charge is 0.355 e. The molecule has 3 aromatic rings. The fourth-order valence-electron chi connectivity index (χ4n) is 2.12. The Labute approximate surface area is 147 Å². The van der Waals surface area contributed by atoms with Gasteiger partial charge in [-0.2, -0.15) is 0 Å². The van der Waals surface area contributed by atoms with Crippen LogP contribution in [0.25, 0.3) is 10.2 Å². The van der Waals surface area contributed by atoms with Crippen LogP contribution in [0.3, 0.4) is 0 Å². The molecule has 3 rings (SSSR count). The second-order valence-corrected chi connectivity index (χ2v) is 7.53. The summed E-state index contributed by atoms with van der Waals surface area (Å²) in [5.74, 6) is 0.878. The van der Waals surface area contributed by atoms with Gasteiger partial charge in [-0.25, -0.2) is 9.67 Å². The van der Waals surface area contributed by atoms with Gasteiger partial charge >= 0.3 is 0 Å². The third kappa shape index (κ3) is 4.09. The van der Waals surface area contributed by atoms with Gasteiger partial charge in [0.25, 0.3) is 0 Å². The van der Waals surface area contributed by atoms with E-state index < -0.39 is 0 Å². The van der Waals surface area contributed by atoms with Gasteiger partial charge in [0.15, 0.2) is 0 Å². The zero-order valence-electron chi connectivity index (χ0n) is 13.5. The van der Waals surface area contributed by atoms with Gasteiger partial charge in [0.1, 0.15) is 0 Å². The third-order valence-corrected chi connectivity index (χ3v) is 5.76. The lowest BCUT2D eigenvalue weighted by molar-refractivity contribution is -0.120. The van der Waals surface area contributed by atoms with Crippen LogP contribution in [0, 0.1) is 0 Å². The zero-order chi connectivity index (χ0) is 16.9. The number of hydrogen-bond acceptors (Lipinski definition) is 7. The van der Waals surface area contributed by atoms with Crippen molar-refractivity contribution in [1.82, 2.24) is 30.5 Å². The van der Waals surface area contributed by atoms with Crippen molar-refractivity contribution < 1.29 is 4.79 Å². The predicted molar refractivity (Wildman–Crippen MR) is 95.2 cm³/mol. The Kier molecular flexibility index (Phi) is 5.41. The summed E-state index contributed by atoms with van der Waals surface area (Å²) in [6.45, 7) is 2.67. The number of hydrogen-bond donors (Lipinski definition) is 1. The molecule has 1 N–H and O–H groups in total. The minimum absolute atomic E-state index is 0.0330. The van der Waals surface area contributed by atoms with Crippen molar-refractivity contribution in [2.45, 2.75) is 24.4 Å². The van der Waals surface area contributed by atoms with Gasteiger partial charge < -0.3 is 5.32 Å². The number of carbonyl (C=O) groups excluding carboxylic acids is 1. The molecule has 0 bridgehead atoms. The van der Waals surface area contributed by atoms with Crippen molar-refractivity contribution in [3.05, 3.63) is 29.3 Å². The van der Waals surface area contributed by atoms with Crippen molar-refractivity contribution >= 4 is 39.2 Å². The summed E-state index contributed by atoms with van der Waals surface area (Å²) in [7, 11) is 1.78. The van der Waals surface area contributed by atoms with Gasteiger partial charge in [-0.1, -0.05) is 30.8 Å². The van der Waals surface area contributed by atoms with E-state index in [1.54, 1.807) is 23.1 Å². The lowest BCUT2D eigenvalue weighted by Crippen LogP contribution is -2.27. The van der Waals surface area contributed by atoms with Crippen LogP contribution < -0.4 is 5.32 Å². The predicted octanol–water partition coefficient (Wildman–Crippen LogP) is 2.22. The molecule has 1 amide bonds. The number of aryl methyl sites for hydroxylation is 1. The molecule has 1 atom stereocenters. The fourth-order valence-corrected chi connectivity index (χ4v) is 3.93. The van der Waals surface area contributed by atoms with Crippen LogP contribution in [0.2, 0.25) is 0 Å².